The highest BCUT2D eigenvalue weighted by molar-refractivity contribution is 5.73. The van der Waals surface area contributed by atoms with E-state index >= 15 is 0 Å². The zero-order chi connectivity index (χ0) is 12.5. The fraction of sp³-hybridized carbons (Fsp3) is 0.417. The van der Waals surface area contributed by atoms with Gasteiger partial charge in [0, 0.05) is 18.2 Å². The van der Waals surface area contributed by atoms with Crippen molar-refractivity contribution in [1.82, 2.24) is 20.3 Å². The number of fused-ring (bicyclic) bond motifs is 1. The number of carbonyl (C=O) groups is 1. The van der Waals surface area contributed by atoms with Crippen LogP contribution in [0, 0.1) is 5.92 Å². The zero-order valence-electron chi connectivity index (χ0n) is 9.76. The van der Waals surface area contributed by atoms with Crippen LogP contribution < -0.4 is 5.32 Å². The second-order valence-corrected chi connectivity index (χ2v) is 4.55. The summed E-state index contributed by atoms with van der Waals surface area (Å²) < 4.78 is 0. The molecule has 0 spiro atoms. The van der Waals surface area contributed by atoms with Crippen LogP contribution in [-0.4, -0.2) is 39.1 Å². The molecule has 3 rings (SSSR count). The van der Waals surface area contributed by atoms with Crippen molar-refractivity contribution in [3.05, 3.63) is 24.2 Å². The molecule has 0 aliphatic carbocycles. The number of nitrogens with one attached hydrogen (secondary N) is 2. The fourth-order valence-electron chi connectivity index (χ4n) is 2.52. The summed E-state index contributed by atoms with van der Waals surface area (Å²) in [5, 5.41) is 12.4. The number of aromatic nitrogens is 3. The standard InChI is InChI=1S/C12H14N4O2/c17-12(18)8-5-13-4-3-7(8)9-1-2-10-11(16-9)15-6-14-10/h1-2,6-8,13H,3-5H2,(H,17,18)(H,14,15,16). The number of H-pyrrole nitrogens is 1. The molecule has 2 unspecified atom stereocenters. The number of hydrogen-bond donors (Lipinski definition) is 3. The average Bonchev–Trinajstić information content (AvgIpc) is 2.85. The van der Waals surface area contributed by atoms with Crippen molar-refractivity contribution in [3.8, 4) is 0 Å². The molecule has 1 fully saturated rings. The number of hydrogen-bond acceptors (Lipinski definition) is 4. The first-order chi connectivity index (χ1) is 8.75. The maximum atomic E-state index is 11.3. The summed E-state index contributed by atoms with van der Waals surface area (Å²) in [6, 6.07) is 3.80. The molecule has 1 aliphatic heterocycles. The Labute approximate surface area is 103 Å². The summed E-state index contributed by atoms with van der Waals surface area (Å²) in [5.41, 5.74) is 2.35. The van der Waals surface area contributed by atoms with E-state index < -0.39 is 11.9 Å². The van der Waals surface area contributed by atoms with E-state index in [4.69, 9.17) is 0 Å². The van der Waals surface area contributed by atoms with E-state index in [-0.39, 0.29) is 5.92 Å². The molecule has 6 heteroatoms. The van der Waals surface area contributed by atoms with Gasteiger partial charge < -0.3 is 15.4 Å². The first kappa shape index (κ1) is 11.2. The number of piperidine rings is 1. The van der Waals surface area contributed by atoms with Crippen LogP contribution in [0.4, 0.5) is 0 Å². The van der Waals surface area contributed by atoms with Crippen LogP contribution in [0.1, 0.15) is 18.0 Å². The Morgan fingerprint density at radius 1 is 1.44 bits per heavy atom. The highest BCUT2D eigenvalue weighted by Gasteiger charge is 2.32. The minimum atomic E-state index is -0.767. The number of imidazole rings is 1. The van der Waals surface area contributed by atoms with Crippen molar-refractivity contribution >= 4 is 17.1 Å². The summed E-state index contributed by atoms with van der Waals surface area (Å²) in [4.78, 5) is 22.8. The van der Waals surface area contributed by atoms with Gasteiger partial charge in [0.05, 0.1) is 17.8 Å². The van der Waals surface area contributed by atoms with Gasteiger partial charge in [-0.3, -0.25) is 4.79 Å². The highest BCUT2D eigenvalue weighted by atomic mass is 16.4. The molecule has 0 aromatic carbocycles. The van der Waals surface area contributed by atoms with Crippen LogP contribution in [0.15, 0.2) is 18.5 Å². The van der Waals surface area contributed by atoms with Crippen molar-refractivity contribution in [1.29, 1.82) is 0 Å². The summed E-state index contributed by atoms with van der Waals surface area (Å²) >= 11 is 0. The van der Waals surface area contributed by atoms with Gasteiger partial charge in [-0.2, -0.15) is 0 Å². The Morgan fingerprint density at radius 3 is 3.17 bits per heavy atom. The molecule has 0 radical (unpaired) electrons. The third-order valence-corrected chi connectivity index (χ3v) is 3.48. The first-order valence-corrected chi connectivity index (χ1v) is 5.99. The van der Waals surface area contributed by atoms with Crippen LogP contribution in [-0.2, 0) is 4.79 Å². The van der Waals surface area contributed by atoms with E-state index in [0.29, 0.717) is 12.2 Å². The second-order valence-electron chi connectivity index (χ2n) is 4.55. The summed E-state index contributed by atoms with van der Waals surface area (Å²) in [6.45, 7) is 1.33. The normalized spacial score (nSPS) is 24.2. The molecule has 2 aromatic rings. The number of carboxylic acids is 1. The second kappa shape index (κ2) is 4.38. The van der Waals surface area contributed by atoms with Crippen molar-refractivity contribution < 1.29 is 9.90 Å². The van der Waals surface area contributed by atoms with Crippen LogP contribution >= 0.6 is 0 Å². The minimum absolute atomic E-state index is 0.0372. The smallest absolute Gasteiger partial charge is 0.308 e. The fourth-order valence-corrected chi connectivity index (χ4v) is 2.52. The Bertz CT molecular complexity index is 580. The molecule has 6 nitrogen and oxygen atoms in total. The lowest BCUT2D eigenvalue weighted by atomic mass is 9.84. The van der Waals surface area contributed by atoms with Gasteiger partial charge in [0.1, 0.15) is 0 Å². The maximum absolute atomic E-state index is 11.3. The number of aliphatic carboxylic acids is 1. The first-order valence-electron chi connectivity index (χ1n) is 5.99. The van der Waals surface area contributed by atoms with Crippen LogP contribution in [0.25, 0.3) is 11.2 Å². The summed E-state index contributed by atoms with van der Waals surface area (Å²) in [6.07, 6.45) is 2.39. The Hall–Kier alpha value is -1.95. The van der Waals surface area contributed by atoms with E-state index in [1.807, 2.05) is 12.1 Å². The van der Waals surface area contributed by atoms with E-state index in [2.05, 4.69) is 20.3 Å². The molecule has 3 heterocycles. The Balaban J connectivity index is 1.97. The lowest BCUT2D eigenvalue weighted by Crippen LogP contribution is -2.39. The third kappa shape index (κ3) is 1.84. The number of carboxylic acid groups (broad SMARTS) is 1. The van der Waals surface area contributed by atoms with Crippen molar-refractivity contribution in [2.75, 3.05) is 13.1 Å². The predicted molar refractivity (Wildman–Crippen MR) is 65.2 cm³/mol. The lowest BCUT2D eigenvalue weighted by Gasteiger charge is -2.28. The Morgan fingerprint density at radius 2 is 2.33 bits per heavy atom. The van der Waals surface area contributed by atoms with Gasteiger partial charge in [0.25, 0.3) is 0 Å². The highest BCUT2D eigenvalue weighted by Crippen LogP contribution is 2.29. The van der Waals surface area contributed by atoms with Gasteiger partial charge in [-0.05, 0) is 25.1 Å². The van der Waals surface area contributed by atoms with Crippen molar-refractivity contribution in [3.63, 3.8) is 0 Å². The van der Waals surface area contributed by atoms with Gasteiger partial charge >= 0.3 is 5.97 Å². The topological polar surface area (TPSA) is 90.9 Å². The van der Waals surface area contributed by atoms with Gasteiger partial charge in [0.2, 0.25) is 0 Å². The molecule has 1 aliphatic rings. The van der Waals surface area contributed by atoms with Gasteiger partial charge in [0.15, 0.2) is 5.65 Å². The molecular weight excluding hydrogens is 232 g/mol. The number of rotatable bonds is 2. The Kier molecular flexibility index (Phi) is 2.71. The zero-order valence-corrected chi connectivity index (χ0v) is 9.76. The van der Waals surface area contributed by atoms with Crippen LogP contribution in [0.5, 0.6) is 0 Å². The molecule has 0 bridgehead atoms. The molecule has 3 N–H and O–H groups in total. The quantitative estimate of drug-likeness (QED) is 0.727. The van der Waals surface area contributed by atoms with E-state index in [1.165, 1.54) is 0 Å². The summed E-state index contributed by atoms with van der Waals surface area (Å²) in [7, 11) is 0. The molecule has 94 valence electrons. The van der Waals surface area contributed by atoms with Gasteiger partial charge in [-0.15, -0.1) is 0 Å². The maximum Gasteiger partial charge on any atom is 0.308 e. The molecule has 0 amide bonds. The number of nitrogens with zero attached hydrogens (tertiary/aromatic N) is 2. The predicted octanol–water partition coefficient (Wildman–Crippen LogP) is 0.736. The molecular formula is C12H14N4O2. The molecule has 18 heavy (non-hydrogen) atoms. The lowest BCUT2D eigenvalue weighted by molar-refractivity contribution is -0.143. The molecule has 2 aromatic heterocycles. The third-order valence-electron chi connectivity index (χ3n) is 3.48. The van der Waals surface area contributed by atoms with E-state index in [1.54, 1.807) is 6.33 Å². The van der Waals surface area contributed by atoms with Crippen LogP contribution in [0.3, 0.4) is 0 Å². The minimum Gasteiger partial charge on any atom is -0.481 e. The van der Waals surface area contributed by atoms with Gasteiger partial charge in [-0.1, -0.05) is 0 Å². The largest absolute Gasteiger partial charge is 0.481 e. The van der Waals surface area contributed by atoms with E-state index in [9.17, 15) is 9.90 Å². The van der Waals surface area contributed by atoms with Gasteiger partial charge in [-0.25, -0.2) is 9.97 Å². The number of aromatic amines is 1. The summed E-state index contributed by atoms with van der Waals surface area (Å²) in [5.74, 6) is -1.22. The average molecular weight is 246 g/mol. The SMILES string of the molecule is O=C(O)C1CNCCC1c1ccc2[nH]cnc2n1. The van der Waals surface area contributed by atoms with Crippen molar-refractivity contribution in [2.45, 2.75) is 12.3 Å². The molecule has 1 saturated heterocycles. The van der Waals surface area contributed by atoms with Crippen molar-refractivity contribution in [2.24, 2.45) is 5.92 Å². The molecule has 0 saturated carbocycles. The molecule has 2 atom stereocenters. The van der Waals surface area contributed by atoms with E-state index in [0.717, 1.165) is 24.2 Å². The van der Waals surface area contributed by atoms with Crippen LogP contribution in [0.2, 0.25) is 0 Å². The number of pyridine rings is 1. The monoisotopic (exact) mass is 246 g/mol.